The SMILES string of the molecule is c1ccc2c(c1)CCc1sccc1C2=C1CCSCC1. The highest BCUT2D eigenvalue weighted by Crippen LogP contribution is 2.41. The van der Waals surface area contributed by atoms with Gasteiger partial charge < -0.3 is 0 Å². The minimum atomic E-state index is 1.19. The van der Waals surface area contributed by atoms with Crippen LogP contribution >= 0.6 is 23.1 Å². The second kappa shape index (κ2) is 5.42. The maximum atomic E-state index is 2.35. The van der Waals surface area contributed by atoms with Crippen molar-refractivity contribution in [3.8, 4) is 0 Å². The molecule has 0 N–H and O–H groups in total. The van der Waals surface area contributed by atoms with Crippen molar-refractivity contribution >= 4 is 28.7 Å². The average Bonchev–Trinajstić information content (AvgIpc) is 2.90. The predicted molar refractivity (Wildman–Crippen MR) is 90.8 cm³/mol. The molecule has 2 heteroatoms. The summed E-state index contributed by atoms with van der Waals surface area (Å²) in [5, 5.41) is 2.27. The molecule has 0 unspecified atom stereocenters. The van der Waals surface area contributed by atoms with Gasteiger partial charge in [-0.25, -0.2) is 0 Å². The first kappa shape index (κ1) is 12.7. The van der Waals surface area contributed by atoms with E-state index in [1.54, 1.807) is 16.0 Å². The molecule has 102 valence electrons. The maximum Gasteiger partial charge on any atom is 0.0127 e. The molecular formula is C18H18S2. The molecule has 1 aromatic carbocycles. The van der Waals surface area contributed by atoms with Crippen molar-refractivity contribution < 1.29 is 0 Å². The van der Waals surface area contributed by atoms with Crippen molar-refractivity contribution in [2.75, 3.05) is 11.5 Å². The van der Waals surface area contributed by atoms with Crippen molar-refractivity contribution in [3.05, 3.63) is 62.9 Å². The molecule has 0 radical (unpaired) electrons. The lowest BCUT2D eigenvalue weighted by Gasteiger charge is -2.20. The summed E-state index contributed by atoms with van der Waals surface area (Å²) in [7, 11) is 0. The first-order chi connectivity index (χ1) is 9.93. The van der Waals surface area contributed by atoms with E-state index in [2.05, 4.69) is 47.5 Å². The lowest BCUT2D eigenvalue weighted by atomic mass is 9.89. The molecule has 1 fully saturated rings. The smallest absolute Gasteiger partial charge is 0.0127 e. The highest BCUT2D eigenvalue weighted by atomic mass is 32.2. The fourth-order valence-electron chi connectivity index (χ4n) is 3.38. The summed E-state index contributed by atoms with van der Waals surface area (Å²) in [6.45, 7) is 0. The Morgan fingerprint density at radius 1 is 0.800 bits per heavy atom. The molecule has 0 bridgehead atoms. The van der Waals surface area contributed by atoms with Gasteiger partial charge in [0.2, 0.25) is 0 Å². The van der Waals surface area contributed by atoms with Gasteiger partial charge in [-0.05, 0) is 70.9 Å². The summed E-state index contributed by atoms with van der Waals surface area (Å²) in [5.74, 6) is 2.58. The largest absolute Gasteiger partial charge is 0.161 e. The number of fused-ring (bicyclic) bond motifs is 2. The number of aryl methyl sites for hydroxylation is 2. The third-order valence-corrected chi connectivity index (χ3v) is 6.34. The van der Waals surface area contributed by atoms with Crippen molar-refractivity contribution in [1.29, 1.82) is 0 Å². The maximum absolute atomic E-state index is 2.35. The fraction of sp³-hybridized carbons (Fsp3) is 0.333. The lowest BCUT2D eigenvalue weighted by Crippen LogP contribution is -2.03. The quantitative estimate of drug-likeness (QED) is 0.646. The van der Waals surface area contributed by atoms with Crippen molar-refractivity contribution in [2.45, 2.75) is 25.7 Å². The second-order valence-electron chi connectivity index (χ2n) is 5.51. The molecule has 2 heterocycles. The van der Waals surface area contributed by atoms with Gasteiger partial charge in [0.1, 0.15) is 0 Å². The van der Waals surface area contributed by atoms with Gasteiger partial charge in [-0.15, -0.1) is 11.3 Å². The van der Waals surface area contributed by atoms with Gasteiger partial charge in [-0.2, -0.15) is 11.8 Å². The minimum Gasteiger partial charge on any atom is -0.161 e. The van der Waals surface area contributed by atoms with Crippen LogP contribution in [0.15, 0.2) is 41.3 Å². The molecule has 1 aliphatic heterocycles. The Morgan fingerprint density at radius 2 is 1.65 bits per heavy atom. The van der Waals surface area contributed by atoms with Crippen LogP contribution in [0.1, 0.15) is 34.4 Å². The summed E-state index contributed by atoms with van der Waals surface area (Å²) >= 11 is 4.04. The number of allylic oxidation sites excluding steroid dienone is 1. The molecule has 4 rings (SSSR count). The molecule has 1 aliphatic carbocycles. The zero-order chi connectivity index (χ0) is 13.4. The zero-order valence-corrected chi connectivity index (χ0v) is 13.2. The molecule has 2 aliphatic rings. The van der Waals surface area contributed by atoms with Crippen LogP contribution in [-0.2, 0) is 12.8 Å². The Bertz CT molecular complexity index is 656. The van der Waals surface area contributed by atoms with E-state index in [1.807, 2.05) is 11.3 Å². The molecule has 1 aromatic heterocycles. The molecule has 0 amide bonds. The van der Waals surface area contributed by atoms with Gasteiger partial charge >= 0.3 is 0 Å². The molecule has 1 saturated heterocycles. The van der Waals surface area contributed by atoms with Gasteiger partial charge in [0.25, 0.3) is 0 Å². The molecular weight excluding hydrogens is 280 g/mol. The van der Waals surface area contributed by atoms with Gasteiger partial charge in [0.15, 0.2) is 0 Å². The standard InChI is InChI=1S/C18H18S2/c1-2-4-15-13(3-1)5-6-17-16(9-12-20-17)18(15)14-7-10-19-11-8-14/h1-4,9,12H,5-8,10-11H2. The summed E-state index contributed by atoms with van der Waals surface area (Å²) < 4.78 is 0. The monoisotopic (exact) mass is 298 g/mol. The lowest BCUT2D eigenvalue weighted by molar-refractivity contribution is 0.969. The molecule has 0 spiro atoms. The van der Waals surface area contributed by atoms with Crippen LogP contribution in [0.5, 0.6) is 0 Å². The minimum absolute atomic E-state index is 1.19. The van der Waals surface area contributed by atoms with E-state index in [1.165, 1.54) is 53.9 Å². The Labute approximate surface area is 128 Å². The average molecular weight is 298 g/mol. The van der Waals surface area contributed by atoms with E-state index in [0.29, 0.717) is 0 Å². The van der Waals surface area contributed by atoms with Crippen LogP contribution in [0, 0.1) is 0 Å². The molecule has 0 saturated carbocycles. The normalized spacial score (nSPS) is 18.4. The van der Waals surface area contributed by atoms with Gasteiger partial charge in [-0.3, -0.25) is 0 Å². The summed E-state index contributed by atoms with van der Waals surface area (Å²) in [6.07, 6.45) is 4.93. The van der Waals surface area contributed by atoms with E-state index in [0.717, 1.165) is 0 Å². The van der Waals surface area contributed by atoms with Crippen LogP contribution < -0.4 is 0 Å². The van der Waals surface area contributed by atoms with Crippen molar-refractivity contribution in [3.63, 3.8) is 0 Å². The van der Waals surface area contributed by atoms with E-state index in [4.69, 9.17) is 0 Å². The molecule has 0 atom stereocenters. The first-order valence-corrected chi connectivity index (χ1v) is 9.42. The first-order valence-electron chi connectivity index (χ1n) is 7.38. The fourth-order valence-corrected chi connectivity index (χ4v) is 5.25. The Balaban J connectivity index is 1.96. The Kier molecular flexibility index (Phi) is 3.45. The van der Waals surface area contributed by atoms with Crippen LogP contribution in [0.2, 0.25) is 0 Å². The van der Waals surface area contributed by atoms with Crippen LogP contribution in [-0.4, -0.2) is 11.5 Å². The number of thioether (sulfide) groups is 1. The number of benzene rings is 1. The van der Waals surface area contributed by atoms with Crippen LogP contribution in [0.3, 0.4) is 0 Å². The van der Waals surface area contributed by atoms with E-state index in [-0.39, 0.29) is 0 Å². The Morgan fingerprint density at radius 3 is 2.55 bits per heavy atom. The Hall–Kier alpha value is -0.990. The van der Waals surface area contributed by atoms with Gasteiger partial charge in [0, 0.05) is 4.88 Å². The highest BCUT2D eigenvalue weighted by Gasteiger charge is 2.22. The zero-order valence-electron chi connectivity index (χ0n) is 11.5. The van der Waals surface area contributed by atoms with Crippen molar-refractivity contribution in [2.24, 2.45) is 0 Å². The summed E-state index contributed by atoms with van der Waals surface area (Å²) in [4.78, 5) is 1.59. The third kappa shape index (κ3) is 2.15. The van der Waals surface area contributed by atoms with Crippen molar-refractivity contribution in [1.82, 2.24) is 0 Å². The number of hydrogen-bond donors (Lipinski definition) is 0. The summed E-state index contributed by atoms with van der Waals surface area (Å²) in [6, 6.07) is 11.4. The number of thiophene rings is 1. The summed E-state index contributed by atoms with van der Waals surface area (Å²) in [5.41, 5.74) is 7.84. The molecule has 0 nitrogen and oxygen atoms in total. The molecule has 2 aromatic rings. The van der Waals surface area contributed by atoms with Crippen LogP contribution in [0.4, 0.5) is 0 Å². The molecule has 20 heavy (non-hydrogen) atoms. The highest BCUT2D eigenvalue weighted by molar-refractivity contribution is 7.99. The van der Waals surface area contributed by atoms with E-state index < -0.39 is 0 Å². The predicted octanol–water partition coefficient (Wildman–Crippen LogP) is 5.18. The number of rotatable bonds is 0. The van der Waals surface area contributed by atoms with Crippen LogP contribution in [0.25, 0.3) is 5.57 Å². The number of hydrogen-bond acceptors (Lipinski definition) is 2. The van der Waals surface area contributed by atoms with Gasteiger partial charge in [-0.1, -0.05) is 29.8 Å². The van der Waals surface area contributed by atoms with Gasteiger partial charge in [0.05, 0.1) is 0 Å². The third-order valence-electron chi connectivity index (χ3n) is 4.37. The topological polar surface area (TPSA) is 0 Å². The second-order valence-corrected chi connectivity index (χ2v) is 7.73. The van der Waals surface area contributed by atoms with E-state index in [9.17, 15) is 0 Å². The van der Waals surface area contributed by atoms with E-state index >= 15 is 0 Å².